The quantitative estimate of drug-likeness (QED) is 0.710. The summed E-state index contributed by atoms with van der Waals surface area (Å²) < 4.78 is 3.73. The number of carbonyl (C=O) groups excluding carboxylic acids is 1. The van der Waals surface area contributed by atoms with Crippen LogP contribution in [0, 0.1) is 5.92 Å². The van der Waals surface area contributed by atoms with Gasteiger partial charge in [0, 0.05) is 50.8 Å². The van der Waals surface area contributed by atoms with E-state index in [9.17, 15) is 4.79 Å². The average Bonchev–Trinajstić information content (AvgIpc) is 3.27. The molecule has 1 saturated heterocycles. The lowest BCUT2D eigenvalue weighted by Crippen LogP contribution is -2.42. The zero-order chi connectivity index (χ0) is 19.0. The number of carbonyl (C=O) groups is 1. The number of hydrogen-bond donors (Lipinski definition) is 0. The Morgan fingerprint density at radius 1 is 1.30 bits per heavy atom. The number of aryl methyl sites for hydroxylation is 1. The van der Waals surface area contributed by atoms with Crippen LogP contribution in [0.3, 0.4) is 0 Å². The minimum atomic E-state index is -0.0307. The van der Waals surface area contributed by atoms with E-state index in [-0.39, 0.29) is 11.9 Å². The molecule has 0 saturated carbocycles. The smallest absolute Gasteiger partial charge is 0.273 e. The maximum atomic E-state index is 12.9. The summed E-state index contributed by atoms with van der Waals surface area (Å²) in [5.74, 6) is 0.343. The number of piperidine rings is 1. The molecule has 4 rings (SSSR count). The van der Waals surface area contributed by atoms with Gasteiger partial charge in [-0.05, 0) is 44.5 Å². The Morgan fingerprint density at radius 2 is 2.15 bits per heavy atom. The molecule has 0 spiro atoms. The van der Waals surface area contributed by atoms with Gasteiger partial charge in [0.05, 0.1) is 6.20 Å². The predicted octanol–water partition coefficient (Wildman–Crippen LogP) is 2.22. The van der Waals surface area contributed by atoms with Crippen molar-refractivity contribution >= 4 is 11.6 Å². The van der Waals surface area contributed by atoms with E-state index in [0.717, 1.165) is 25.0 Å². The first kappa shape index (κ1) is 17.7. The molecule has 0 radical (unpaired) electrons. The van der Waals surface area contributed by atoms with Crippen molar-refractivity contribution in [2.75, 3.05) is 27.2 Å². The van der Waals surface area contributed by atoms with Crippen LogP contribution in [0.25, 0.3) is 5.65 Å². The third-order valence-corrected chi connectivity index (χ3v) is 5.51. The van der Waals surface area contributed by atoms with Crippen LogP contribution in [0.2, 0.25) is 0 Å². The lowest BCUT2D eigenvalue weighted by molar-refractivity contribution is 0.0641. The Kier molecular flexibility index (Phi) is 4.70. The summed E-state index contributed by atoms with van der Waals surface area (Å²) in [6.07, 6.45) is 10.0. The molecule has 1 aliphatic heterocycles. The normalized spacial score (nSPS) is 20.9. The molecular formula is C20H26N6O. The molecule has 142 valence electrons. The van der Waals surface area contributed by atoms with Crippen LogP contribution in [0.4, 0.5) is 0 Å². The Balaban J connectivity index is 1.52. The van der Waals surface area contributed by atoms with E-state index in [0.29, 0.717) is 18.2 Å². The molecule has 3 aromatic heterocycles. The zero-order valence-electron chi connectivity index (χ0n) is 16.1. The van der Waals surface area contributed by atoms with Crippen LogP contribution in [-0.4, -0.2) is 62.1 Å². The minimum Gasteiger partial charge on any atom is -0.340 e. The Morgan fingerprint density at radius 3 is 2.89 bits per heavy atom. The monoisotopic (exact) mass is 366 g/mol. The van der Waals surface area contributed by atoms with Crippen molar-refractivity contribution < 1.29 is 4.79 Å². The molecule has 0 aromatic carbocycles. The van der Waals surface area contributed by atoms with E-state index in [1.54, 1.807) is 6.20 Å². The van der Waals surface area contributed by atoms with Gasteiger partial charge in [0.2, 0.25) is 0 Å². The highest BCUT2D eigenvalue weighted by Crippen LogP contribution is 2.35. The fourth-order valence-electron chi connectivity index (χ4n) is 4.24. The summed E-state index contributed by atoms with van der Waals surface area (Å²) >= 11 is 0. The van der Waals surface area contributed by atoms with E-state index in [4.69, 9.17) is 0 Å². The zero-order valence-corrected chi connectivity index (χ0v) is 16.1. The molecule has 2 atom stereocenters. The van der Waals surface area contributed by atoms with Crippen LogP contribution in [-0.2, 0) is 7.05 Å². The highest BCUT2D eigenvalue weighted by Gasteiger charge is 2.33. The summed E-state index contributed by atoms with van der Waals surface area (Å²) in [6.45, 7) is 1.77. The molecule has 1 aliphatic rings. The number of imidazole rings is 1. The first-order chi connectivity index (χ1) is 13.0. The Hall–Kier alpha value is -2.67. The van der Waals surface area contributed by atoms with Gasteiger partial charge < -0.3 is 9.30 Å². The Labute approximate surface area is 159 Å². The molecule has 1 fully saturated rings. The van der Waals surface area contributed by atoms with Crippen molar-refractivity contribution in [2.24, 2.45) is 13.0 Å². The molecule has 3 aromatic rings. The van der Waals surface area contributed by atoms with Crippen molar-refractivity contribution in [3.05, 3.63) is 54.2 Å². The van der Waals surface area contributed by atoms with Gasteiger partial charge in [-0.1, -0.05) is 6.07 Å². The number of amides is 1. The molecule has 27 heavy (non-hydrogen) atoms. The SMILES string of the molecule is CN(C[C@@H]1CCCN(C)[C@H]1c1cnn(C)c1)C(=O)c1cn2ccccc2n1. The fraction of sp³-hybridized carbons (Fsp3) is 0.450. The van der Waals surface area contributed by atoms with Crippen LogP contribution >= 0.6 is 0 Å². The molecular weight excluding hydrogens is 340 g/mol. The molecule has 7 heteroatoms. The third-order valence-electron chi connectivity index (χ3n) is 5.51. The number of hydrogen-bond acceptors (Lipinski definition) is 4. The highest BCUT2D eigenvalue weighted by molar-refractivity contribution is 5.92. The van der Waals surface area contributed by atoms with Gasteiger partial charge in [0.15, 0.2) is 0 Å². The summed E-state index contributed by atoms with van der Waals surface area (Å²) in [5.41, 5.74) is 2.50. The maximum Gasteiger partial charge on any atom is 0.273 e. The summed E-state index contributed by atoms with van der Waals surface area (Å²) in [4.78, 5) is 21.6. The molecule has 1 amide bonds. The number of likely N-dealkylation sites (tertiary alicyclic amines) is 1. The molecule has 4 heterocycles. The largest absolute Gasteiger partial charge is 0.340 e. The summed E-state index contributed by atoms with van der Waals surface area (Å²) in [6, 6.07) is 6.05. The first-order valence-corrected chi connectivity index (χ1v) is 9.41. The van der Waals surface area contributed by atoms with Gasteiger partial charge in [-0.25, -0.2) is 4.98 Å². The van der Waals surface area contributed by atoms with Gasteiger partial charge >= 0.3 is 0 Å². The van der Waals surface area contributed by atoms with Gasteiger partial charge in [-0.2, -0.15) is 5.10 Å². The van der Waals surface area contributed by atoms with Gasteiger partial charge in [-0.3, -0.25) is 14.4 Å². The van der Waals surface area contributed by atoms with E-state index < -0.39 is 0 Å². The topological polar surface area (TPSA) is 58.7 Å². The lowest BCUT2D eigenvalue weighted by atomic mass is 9.85. The van der Waals surface area contributed by atoms with Crippen LogP contribution in [0.5, 0.6) is 0 Å². The van der Waals surface area contributed by atoms with Crippen molar-refractivity contribution in [2.45, 2.75) is 18.9 Å². The molecule has 0 bridgehead atoms. The second-order valence-electron chi connectivity index (χ2n) is 7.55. The van der Waals surface area contributed by atoms with Gasteiger partial charge in [-0.15, -0.1) is 0 Å². The predicted molar refractivity (Wildman–Crippen MR) is 103 cm³/mol. The summed E-state index contributed by atoms with van der Waals surface area (Å²) in [5, 5.41) is 4.34. The van der Waals surface area contributed by atoms with E-state index in [1.165, 1.54) is 5.56 Å². The molecule has 0 aliphatic carbocycles. The van der Waals surface area contributed by atoms with E-state index in [1.807, 2.05) is 58.7 Å². The molecule has 7 nitrogen and oxygen atoms in total. The number of aromatic nitrogens is 4. The second-order valence-corrected chi connectivity index (χ2v) is 7.55. The number of nitrogens with zero attached hydrogens (tertiary/aromatic N) is 6. The number of fused-ring (bicyclic) bond motifs is 1. The Bertz CT molecular complexity index is 912. The average molecular weight is 366 g/mol. The highest BCUT2D eigenvalue weighted by atomic mass is 16.2. The van der Waals surface area contributed by atoms with Crippen LogP contribution in [0.15, 0.2) is 43.0 Å². The molecule has 0 unspecified atom stereocenters. The number of pyridine rings is 1. The number of rotatable bonds is 4. The minimum absolute atomic E-state index is 0.0307. The summed E-state index contributed by atoms with van der Waals surface area (Å²) in [7, 11) is 5.98. The van der Waals surface area contributed by atoms with E-state index in [2.05, 4.69) is 28.2 Å². The fourth-order valence-corrected chi connectivity index (χ4v) is 4.24. The standard InChI is InChI=1S/C20H26N6O/c1-23-9-6-7-15(19(23)16-11-21-25(3)13-16)12-24(2)20(27)17-14-26-10-5-4-8-18(26)22-17/h4-5,8,10-11,13-15,19H,6-7,9,12H2,1-3H3/t15-,19+/m0/s1. The first-order valence-electron chi connectivity index (χ1n) is 9.41. The van der Waals surface area contributed by atoms with Crippen molar-refractivity contribution in [1.29, 1.82) is 0 Å². The maximum absolute atomic E-state index is 12.9. The van der Waals surface area contributed by atoms with Crippen LogP contribution in [0.1, 0.15) is 34.9 Å². The van der Waals surface area contributed by atoms with Gasteiger partial charge in [0.25, 0.3) is 5.91 Å². The van der Waals surface area contributed by atoms with Crippen molar-refractivity contribution in [3.8, 4) is 0 Å². The van der Waals surface area contributed by atoms with Gasteiger partial charge in [0.1, 0.15) is 11.3 Å². The second kappa shape index (κ2) is 7.15. The van der Waals surface area contributed by atoms with E-state index >= 15 is 0 Å². The van der Waals surface area contributed by atoms with Crippen molar-refractivity contribution in [3.63, 3.8) is 0 Å². The lowest BCUT2D eigenvalue weighted by Gasteiger charge is -2.40. The third kappa shape index (κ3) is 3.47. The van der Waals surface area contributed by atoms with Crippen LogP contribution < -0.4 is 0 Å². The van der Waals surface area contributed by atoms with Crippen molar-refractivity contribution in [1.82, 2.24) is 29.0 Å². The molecule has 0 N–H and O–H groups in total.